The molecule has 0 aromatic heterocycles. The number of amides is 1. The standard InChI is InChI=1S/C25H23NO6/c1-16-4-6-17(7-5-16)18-8-11-20(12-9-18)32-15-23(27)26-22-14-19(24(28)30-2)10-13-21(22)25(29)31-3/h4-14H,15H2,1-3H3,(H,26,27). The molecule has 0 fully saturated rings. The van der Waals surface area contributed by atoms with Gasteiger partial charge in [0.05, 0.1) is 31.0 Å². The highest BCUT2D eigenvalue weighted by Gasteiger charge is 2.17. The Hall–Kier alpha value is -4.13. The second kappa shape index (κ2) is 10.3. The molecule has 32 heavy (non-hydrogen) atoms. The lowest BCUT2D eigenvalue weighted by Gasteiger charge is -2.12. The highest BCUT2D eigenvalue weighted by atomic mass is 16.5. The van der Waals surface area contributed by atoms with Gasteiger partial charge < -0.3 is 19.5 Å². The Kier molecular flexibility index (Phi) is 7.23. The quantitative estimate of drug-likeness (QED) is 0.560. The van der Waals surface area contributed by atoms with Gasteiger partial charge in [-0.1, -0.05) is 42.0 Å². The number of esters is 2. The van der Waals surface area contributed by atoms with E-state index in [1.807, 2.05) is 43.3 Å². The van der Waals surface area contributed by atoms with E-state index in [9.17, 15) is 14.4 Å². The second-order valence-electron chi connectivity index (χ2n) is 6.97. The van der Waals surface area contributed by atoms with Crippen molar-refractivity contribution in [2.24, 2.45) is 0 Å². The van der Waals surface area contributed by atoms with E-state index in [1.165, 1.54) is 38.0 Å². The van der Waals surface area contributed by atoms with Gasteiger partial charge >= 0.3 is 11.9 Å². The number of methoxy groups -OCH3 is 2. The number of rotatable bonds is 7. The molecule has 0 spiro atoms. The van der Waals surface area contributed by atoms with Crippen molar-refractivity contribution in [3.05, 3.63) is 83.4 Å². The van der Waals surface area contributed by atoms with Crippen LogP contribution in [0.3, 0.4) is 0 Å². The first-order valence-electron chi connectivity index (χ1n) is 9.81. The Bertz CT molecular complexity index is 1120. The van der Waals surface area contributed by atoms with Gasteiger partial charge in [-0.05, 0) is 48.4 Å². The van der Waals surface area contributed by atoms with Crippen LogP contribution >= 0.6 is 0 Å². The molecule has 0 atom stereocenters. The van der Waals surface area contributed by atoms with Crippen LogP contribution in [-0.4, -0.2) is 38.7 Å². The molecule has 0 bridgehead atoms. The van der Waals surface area contributed by atoms with E-state index in [1.54, 1.807) is 12.1 Å². The predicted molar refractivity (Wildman–Crippen MR) is 120 cm³/mol. The fraction of sp³-hybridized carbons (Fsp3) is 0.160. The molecule has 0 heterocycles. The van der Waals surface area contributed by atoms with Gasteiger partial charge in [0.25, 0.3) is 5.91 Å². The summed E-state index contributed by atoms with van der Waals surface area (Å²) < 4.78 is 15.0. The lowest BCUT2D eigenvalue weighted by atomic mass is 10.0. The molecule has 3 aromatic carbocycles. The molecule has 164 valence electrons. The van der Waals surface area contributed by atoms with Crippen molar-refractivity contribution in [3.8, 4) is 16.9 Å². The van der Waals surface area contributed by atoms with Crippen molar-refractivity contribution < 1.29 is 28.6 Å². The molecule has 7 nitrogen and oxygen atoms in total. The minimum Gasteiger partial charge on any atom is -0.484 e. The molecule has 0 saturated heterocycles. The number of carbonyl (C=O) groups excluding carboxylic acids is 3. The van der Waals surface area contributed by atoms with Gasteiger partial charge in [-0.15, -0.1) is 0 Å². The number of nitrogens with one attached hydrogen (secondary N) is 1. The fourth-order valence-corrected chi connectivity index (χ4v) is 3.01. The summed E-state index contributed by atoms with van der Waals surface area (Å²) in [5, 5.41) is 2.59. The Morgan fingerprint density at radius 2 is 1.38 bits per heavy atom. The summed E-state index contributed by atoms with van der Waals surface area (Å²) in [7, 11) is 2.47. The molecule has 1 amide bonds. The summed E-state index contributed by atoms with van der Waals surface area (Å²) in [5.41, 5.74) is 3.72. The van der Waals surface area contributed by atoms with Crippen LogP contribution < -0.4 is 10.1 Å². The molecule has 0 radical (unpaired) electrons. The van der Waals surface area contributed by atoms with Gasteiger partial charge in [0.2, 0.25) is 0 Å². The molecule has 0 aliphatic carbocycles. The lowest BCUT2D eigenvalue weighted by Crippen LogP contribution is -2.22. The highest BCUT2D eigenvalue weighted by molar-refractivity contribution is 6.03. The normalized spacial score (nSPS) is 10.2. The van der Waals surface area contributed by atoms with Crippen LogP contribution in [-0.2, 0) is 14.3 Å². The zero-order valence-corrected chi connectivity index (χ0v) is 18.0. The van der Waals surface area contributed by atoms with Crippen molar-refractivity contribution in [1.82, 2.24) is 0 Å². The topological polar surface area (TPSA) is 90.9 Å². The Morgan fingerprint density at radius 1 is 0.781 bits per heavy atom. The number of hydrogen-bond donors (Lipinski definition) is 1. The third kappa shape index (κ3) is 5.51. The Morgan fingerprint density at radius 3 is 1.97 bits per heavy atom. The van der Waals surface area contributed by atoms with Crippen LogP contribution in [0.2, 0.25) is 0 Å². The lowest BCUT2D eigenvalue weighted by molar-refractivity contribution is -0.118. The molecular formula is C25H23NO6. The SMILES string of the molecule is COC(=O)c1ccc(C(=O)OC)c(NC(=O)COc2ccc(-c3ccc(C)cc3)cc2)c1. The molecule has 3 aromatic rings. The molecule has 7 heteroatoms. The molecule has 0 aliphatic heterocycles. The van der Waals surface area contributed by atoms with Gasteiger partial charge in [-0.3, -0.25) is 4.79 Å². The van der Waals surface area contributed by atoms with E-state index < -0.39 is 17.8 Å². The third-order valence-electron chi connectivity index (χ3n) is 4.73. The minimum atomic E-state index is -0.649. The van der Waals surface area contributed by atoms with Crippen molar-refractivity contribution >= 4 is 23.5 Å². The van der Waals surface area contributed by atoms with Gasteiger partial charge in [0, 0.05) is 0 Å². The van der Waals surface area contributed by atoms with E-state index in [0.717, 1.165) is 11.1 Å². The number of benzene rings is 3. The molecule has 3 rings (SSSR count). The summed E-state index contributed by atoms with van der Waals surface area (Å²) in [6, 6.07) is 19.7. The molecule has 0 unspecified atom stereocenters. The number of carbonyl (C=O) groups is 3. The average molecular weight is 433 g/mol. The molecule has 0 aliphatic rings. The van der Waals surface area contributed by atoms with Crippen LogP contribution in [0.1, 0.15) is 26.3 Å². The Labute approximate surface area is 185 Å². The predicted octanol–water partition coefficient (Wildman–Crippen LogP) is 4.25. The zero-order valence-electron chi connectivity index (χ0n) is 18.0. The summed E-state index contributed by atoms with van der Waals surface area (Å²) in [6.07, 6.45) is 0. The molecule has 1 N–H and O–H groups in total. The van der Waals surface area contributed by atoms with E-state index in [4.69, 9.17) is 9.47 Å². The largest absolute Gasteiger partial charge is 0.484 e. The van der Waals surface area contributed by atoms with Crippen molar-refractivity contribution in [2.75, 3.05) is 26.1 Å². The smallest absolute Gasteiger partial charge is 0.339 e. The van der Waals surface area contributed by atoms with Crippen LogP contribution in [0.5, 0.6) is 5.75 Å². The van der Waals surface area contributed by atoms with E-state index >= 15 is 0 Å². The highest BCUT2D eigenvalue weighted by Crippen LogP contribution is 2.23. The van der Waals surface area contributed by atoms with Crippen LogP contribution in [0.15, 0.2) is 66.7 Å². The van der Waals surface area contributed by atoms with Gasteiger partial charge in [-0.2, -0.15) is 0 Å². The number of hydrogen-bond acceptors (Lipinski definition) is 6. The van der Waals surface area contributed by atoms with Gasteiger partial charge in [0.15, 0.2) is 6.61 Å². The number of anilines is 1. The van der Waals surface area contributed by atoms with Crippen molar-refractivity contribution in [1.29, 1.82) is 0 Å². The zero-order chi connectivity index (χ0) is 23.1. The minimum absolute atomic E-state index is 0.107. The summed E-state index contributed by atoms with van der Waals surface area (Å²) in [5.74, 6) is -1.22. The first kappa shape index (κ1) is 22.6. The van der Waals surface area contributed by atoms with Gasteiger partial charge in [-0.25, -0.2) is 9.59 Å². The summed E-state index contributed by atoms with van der Waals surface area (Å²) in [4.78, 5) is 36.2. The summed E-state index contributed by atoms with van der Waals surface area (Å²) in [6.45, 7) is 1.75. The third-order valence-corrected chi connectivity index (χ3v) is 4.73. The van der Waals surface area contributed by atoms with E-state index in [-0.39, 0.29) is 23.4 Å². The maximum atomic E-state index is 12.4. The monoisotopic (exact) mass is 433 g/mol. The first-order chi connectivity index (χ1) is 15.4. The first-order valence-corrected chi connectivity index (χ1v) is 9.81. The maximum absolute atomic E-state index is 12.4. The summed E-state index contributed by atoms with van der Waals surface area (Å²) >= 11 is 0. The molecule has 0 saturated carbocycles. The van der Waals surface area contributed by atoms with E-state index in [0.29, 0.717) is 5.75 Å². The number of aryl methyl sites for hydroxylation is 1. The average Bonchev–Trinajstić information content (AvgIpc) is 2.82. The molecular weight excluding hydrogens is 410 g/mol. The fourth-order valence-electron chi connectivity index (χ4n) is 3.01. The van der Waals surface area contributed by atoms with Gasteiger partial charge in [0.1, 0.15) is 5.75 Å². The van der Waals surface area contributed by atoms with Crippen molar-refractivity contribution in [2.45, 2.75) is 6.92 Å². The maximum Gasteiger partial charge on any atom is 0.339 e. The van der Waals surface area contributed by atoms with Crippen LogP contribution in [0.4, 0.5) is 5.69 Å². The van der Waals surface area contributed by atoms with E-state index in [2.05, 4.69) is 10.1 Å². The van der Waals surface area contributed by atoms with Crippen LogP contribution in [0, 0.1) is 6.92 Å². The Balaban J connectivity index is 1.67. The second-order valence-corrected chi connectivity index (χ2v) is 6.97. The van der Waals surface area contributed by atoms with Crippen molar-refractivity contribution in [3.63, 3.8) is 0 Å². The van der Waals surface area contributed by atoms with Crippen LogP contribution in [0.25, 0.3) is 11.1 Å². The number of ether oxygens (including phenoxy) is 3.